The molecule has 36 heavy (non-hydrogen) atoms. The maximum atomic E-state index is 13.9. The van der Waals surface area contributed by atoms with Gasteiger partial charge in [0, 0.05) is 17.5 Å². The lowest BCUT2D eigenvalue weighted by atomic mass is 9.84. The number of pyridine rings is 1. The molecular weight excluding hydrogens is 475 g/mol. The first-order valence-electron chi connectivity index (χ1n) is 12.7. The van der Waals surface area contributed by atoms with E-state index < -0.39 is 9.84 Å². The molecule has 0 saturated carbocycles. The minimum absolute atomic E-state index is 0.000260. The van der Waals surface area contributed by atoms with Crippen LogP contribution in [0.4, 0.5) is 4.39 Å². The van der Waals surface area contributed by atoms with Gasteiger partial charge in [0.1, 0.15) is 15.7 Å². The van der Waals surface area contributed by atoms with E-state index in [1.165, 1.54) is 12.1 Å². The van der Waals surface area contributed by atoms with Crippen molar-refractivity contribution in [3.8, 4) is 11.1 Å². The van der Waals surface area contributed by atoms with Gasteiger partial charge in [-0.15, -0.1) is 0 Å². The lowest BCUT2D eigenvalue weighted by molar-refractivity contribution is 0.0984. The van der Waals surface area contributed by atoms with Crippen molar-refractivity contribution >= 4 is 31.9 Å². The first-order valence-corrected chi connectivity index (χ1v) is 14.5. The highest BCUT2D eigenvalue weighted by atomic mass is 32.2. The van der Waals surface area contributed by atoms with Crippen molar-refractivity contribution in [2.24, 2.45) is 0 Å². The Morgan fingerprint density at radius 3 is 2.50 bits per heavy atom. The average Bonchev–Trinajstić information content (AvgIpc) is 3.30. The van der Waals surface area contributed by atoms with Gasteiger partial charge in [0.15, 0.2) is 5.78 Å². The average molecular weight is 507 g/mol. The molecule has 3 heterocycles. The van der Waals surface area contributed by atoms with Gasteiger partial charge in [0.25, 0.3) is 0 Å². The summed E-state index contributed by atoms with van der Waals surface area (Å²) in [6.07, 6.45) is 4.06. The zero-order chi connectivity index (χ0) is 25.6. The van der Waals surface area contributed by atoms with Crippen molar-refractivity contribution in [2.45, 2.75) is 58.3 Å². The van der Waals surface area contributed by atoms with E-state index in [0.717, 1.165) is 45.1 Å². The van der Waals surface area contributed by atoms with Gasteiger partial charge >= 0.3 is 0 Å². The minimum Gasteiger partial charge on any atom is -0.294 e. The van der Waals surface area contributed by atoms with Crippen LogP contribution in [0.15, 0.2) is 48.7 Å². The van der Waals surface area contributed by atoms with Crippen molar-refractivity contribution in [1.29, 1.82) is 0 Å². The summed E-state index contributed by atoms with van der Waals surface area (Å²) >= 11 is 0. The fourth-order valence-corrected chi connectivity index (χ4v) is 6.91. The normalized spacial score (nSPS) is 17.0. The molecule has 1 saturated heterocycles. The lowest BCUT2D eigenvalue weighted by Gasteiger charge is -2.27. The summed E-state index contributed by atoms with van der Waals surface area (Å²) in [5.74, 6) is 0.154. The second kappa shape index (κ2) is 9.43. The molecular formula is C29H31FN2O3S. The smallest absolute Gasteiger partial charge is 0.164 e. The molecule has 1 aliphatic rings. The SMILES string of the molecule is CCC(=O)c1c(C2CCS(=O)(=O)CC2)cc2c(-c3ccc4ccc(F)cc4c3)cnn2c1C(C)CC. The lowest BCUT2D eigenvalue weighted by Crippen LogP contribution is -2.25. The number of Topliss-reactive ketones (excluding diaryl/α,β-unsaturated/α-hetero) is 1. The molecule has 1 atom stereocenters. The number of halogens is 1. The number of rotatable bonds is 6. The van der Waals surface area contributed by atoms with E-state index >= 15 is 0 Å². The van der Waals surface area contributed by atoms with E-state index in [1.54, 1.807) is 6.07 Å². The Hall–Kier alpha value is -3.06. The van der Waals surface area contributed by atoms with Crippen LogP contribution in [0.1, 0.15) is 79.9 Å². The highest BCUT2D eigenvalue weighted by Crippen LogP contribution is 2.39. The number of nitrogens with zero attached hydrogens (tertiary/aromatic N) is 2. The number of benzene rings is 2. The monoisotopic (exact) mass is 506 g/mol. The van der Waals surface area contributed by atoms with Gasteiger partial charge in [-0.05, 0) is 77.3 Å². The van der Waals surface area contributed by atoms with Crippen LogP contribution in [0.5, 0.6) is 0 Å². The van der Waals surface area contributed by atoms with Gasteiger partial charge in [-0.1, -0.05) is 39.0 Å². The number of ketones is 1. The van der Waals surface area contributed by atoms with E-state index in [4.69, 9.17) is 5.10 Å². The van der Waals surface area contributed by atoms with Gasteiger partial charge in [-0.25, -0.2) is 17.3 Å². The number of sulfone groups is 1. The Morgan fingerprint density at radius 1 is 1.08 bits per heavy atom. The van der Waals surface area contributed by atoms with Crippen LogP contribution in [0.3, 0.4) is 0 Å². The van der Waals surface area contributed by atoms with Crippen molar-refractivity contribution in [3.63, 3.8) is 0 Å². The fraction of sp³-hybridized carbons (Fsp3) is 0.379. The van der Waals surface area contributed by atoms with Crippen LogP contribution in [0.2, 0.25) is 0 Å². The van der Waals surface area contributed by atoms with Crippen molar-refractivity contribution in [2.75, 3.05) is 11.5 Å². The van der Waals surface area contributed by atoms with Crippen LogP contribution < -0.4 is 0 Å². The van der Waals surface area contributed by atoms with E-state index in [0.29, 0.717) is 24.8 Å². The maximum Gasteiger partial charge on any atom is 0.164 e. The molecule has 5 rings (SSSR count). The molecule has 0 radical (unpaired) electrons. The van der Waals surface area contributed by atoms with Crippen LogP contribution in [-0.4, -0.2) is 35.3 Å². The summed E-state index contributed by atoms with van der Waals surface area (Å²) in [4.78, 5) is 13.3. The van der Waals surface area contributed by atoms with Crippen molar-refractivity contribution in [1.82, 2.24) is 9.61 Å². The zero-order valence-electron chi connectivity index (χ0n) is 20.9. The quantitative estimate of drug-likeness (QED) is 0.273. The van der Waals surface area contributed by atoms with Gasteiger partial charge in [0.2, 0.25) is 0 Å². The predicted molar refractivity (Wildman–Crippen MR) is 142 cm³/mol. The molecule has 0 aliphatic carbocycles. The minimum atomic E-state index is -3.03. The number of hydrogen-bond acceptors (Lipinski definition) is 4. The Morgan fingerprint density at radius 2 is 1.81 bits per heavy atom. The van der Waals surface area contributed by atoms with Gasteiger partial charge < -0.3 is 0 Å². The molecule has 0 spiro atoms. The molecule has 1 aliphatic heterocycles. The molecule has 2 aromatic heterocycles. The van der Waals surface area contributed by atoms with Crippen LogP contribution in [0.25, 0.3) is 27.4 Å². The van der Waals surface area contributed by atoms with E-state index in [1.807, 2.05) is 35.8 Å². The third-order valence-corrected chi connectivity index (χ3v) is 9.37. The summed E-state index contributed by atoms with van der Waals surface area (Å²) in [5, 5.41) is 6.51. The second-order valence-corrected chi connectivity index (χ2v) is 12.2. The molecule has 0 bridgehead atoms. The maximum absolute atomic E-state index is 13.9. The van der Waals surface area contributed by atoms with Crippen molar-refractivity contribution in [3.05, 3.63) is 71.3 Å². The molecule has 0 N–H and O–H groups in total. The highest BCUT2D eigenvalue weighted by molar-refractivity contribution is 7.91. The standard InChI is InChI=1S/C29H31FN2O3S/c1-4-18(3)29-28(27(33)5-2)24(20-10-12-36(34,35)13-11-20)16-26-25(17-31-32(26)29)21-7-6-19-8-9-23(30)15-22(19)14-21/h6-9,14-18,20H,4-5,10-13H2,1-3H3. The van der Waals surface area contributed by atoms with E-state index in [9.17, 15) is 17.6 Å². The first-order chi connectivity index (χ1) is 17.2. The Balaban J connectivity index is 1.77. The summed E-state index contributed by atoms with van der Waals surface area (Å²) < 4.78 is 40.1. The molecule has 5 nitrogen and oxygen atoms in total. The van der Waals surface area contributed by atoms with Crippen LogP contribution >= 0.6 is 0 Å². The third-order valence-electron chi connectivity index (χ3n) is 7.66. The number of carbonyl (C=O) groups excluding carboxylic acids is 1. The summed E-state index contributed by atoms with van der Waals surface area (Å²) in [6.45, 7) is 6.07. The Kier molecular flexibility index (Phi) is 6.45. The molecule has 4 aromatic rings. The predicted octanol–water partition coefficient (Wildman–Crippen LogP) is 6.69. The largest absolute Gasteiger partial charge is 0.294 e. The number of aromatic nitrogens is 2. The summed E-state index contributed by atoms with van der Waals surface area (Å²) in [6, 6.07) is 12.8. The Labute approximate surface area is 211 Å². The molecule has 1 fully saturated rings. The van der Waals surface area contributed by atoms with Crippen LogP contribution in [0, 0.1) is 5.82 Å². The highest BCUT2D eigenvalue weighted by Gasteiger charge is 2.31. The van der Waals surface area contributed by atoms with E-state index in [2.05, 4.69) is 19.9 Å². The zero-order valence-corrected chi connectivity index (χ0v) is 21.7. The molecule has 2 aromatic carbocycles. The molecule has 1 unspecified atom stereocenters. The third kappa shape index (κ3) is 4.34. The van der Waals surface area contributed by atoms with Crippen LogP contribution in [-0.2, 0) is 9.84 Å². The van der Waals surface area contributed by atoms with Gasteiger partial charge in [-0.3, -0.25) is 4.79 Å². The number of carbonyl (C=O) groups is 1. The van der Waals surface area contributed by atoms with Gasteiger partial charge in [0.05, 0.1) is 28.9 Å². The molecule has 188 valence electrons. The summed E-state index contributed by atoms with van der Waals surface area (Å²) in [7, 11) is -3.03. The Bertz CT molecular complexity index is 1580. The second-order valence-electron chi connectivity index (χ2n) is 9.93. The molecule has 0 amide bonds. The van der Waals surface area contributed by atoms with Crippen molar-refractivity contribution < 1.29 is 17.6 Å². The summed E-state index contributed by atoms with van der Waals surface area (Å²) in [5.41, 5.74) is 5.25. The molecule has 7 heteroatoms. The van der Waals surface area contributed by atoms with Gasteiger partial charge in [-0.2, -0.15) is 5.10 Å². The van der Waals surface area contributed by atoms with E-state index in [-0.39, 0.29) is 34.9 Å². The first kappa shape index (κ1) is 24.6. The number of fused-ring (bicyclic) bond motifs is 2. The topological polar surface area (TPSA) is 68.5 Å². The number of hydrogen-bond donors (Lipinski definition) is 0. The fourth-order valence-electron chi connectivity index (χ4n) is 5.42.